The standard InChI is InChI=1S/C20H22N2O2/c1-23-19-8-6-15(13-20(19)24-2)9-11-21-14-16-5-7-18-17(12-16)4-3-10-22-18/h3-8,10,12-13,21H,9,11,14H2,1-2H3. The number of aromatic nitrogens is 1. The van der Waals surface area contributed by atoms with Gasteiger partial charge in [-0.3, -0.25) is 4.98 Å². The molecule has 3 rings (SSSR count). The molecule has 124 valence electrons. The van der Waals surface area contributed by atoms with E-state index in [1.807, 2.05) is 24.4 Å². The minimum absolute atomic E-state index is 0.763. The van der Waals surface area contributed by atoms with E-state index in [1.165, 1.54) is 16.5 Å². The lowest BCUT2D eigenvalue weighted by Crippen LogP contribution is -2.16. The maximum Gasteiger partial charge on any atom is 0.160 e. The highest BCUT2D eigenvalue weighted by Crippen LogP contribution is 2.27. The van der Waals surface area contributed by atoms with Gasteiger partial charge in [0, 0.05) is 18.1 Å². The summed E-state index contributed by atoms with van der Waals surface area (Å²) in [5.74, 6) is 1.54. The zero-order valence-electron chi connectivity index (χ0n) is 14.1. The van der Waals surface area contributed by atoms with Crippen molar-refractivity contribution in [1.29, 1.82) is 0 Å². The number of nitrogens with one attached hydrogen (secondary N) is 1. The highest BCUT2D eigenvalue weighted by Gasteiger charge is 2.04. The lowest BCUT2D eigenvalue weighted by atomic mass is 10.1. The Kier molecular flexibility index (Phi) is 5.29. The predicted molar refractivity (Wildman–Crippen MR) is 96.7 cm³/mol. The molecule has 0 aliphatic heterocycles. The smallest absolute Gasteiger partial charge is 0.160 e. The van der Waals surface area contributed by atoms with Crippen LogP contribution in [0.1, 0.15) is 11.1 Å². The summed E-state index contributed by atoms with van der Waals surface area (Å²) in [6.07, 6.45) is 2.76. The van der Waals surface area contributed by atoms with Crippen LogP contribution in [-0.2, 0) is 13.0 Å². The van der Waals surface area contributed by atoms with Crippen molar-refractivity contribution < 1.29 is 9.47 Å². The van der Waals surface area contributed by atoms with Crippen molar-refractivity contribution in [3.05, 3.63) is 65.9 Å². The molecule has 0 unspecified atom stereocenters. The molecule has 0 amide bonds. The third-order valence-corrected chi connectivity index (χ3v) is 4.03. The molecular formula is C20H22N2O2. The first-order chi connectivity index (χ1) is 11.8. The van der Waals surface area contributed by atoms with E-state index in [9.17, 15) is 0 Å². The molecule has 0 aliphatic rings. The molecule has 1 N–H and O–H groups in total. The van der Waals surface area contributed by atoms with Crippen LogP contribution in [0.2, 0.25) is 0 Å². The average Bonchev–Trinajstić information content (AvgIpc) is 2.65. The van der Waals surface area contributed by atoms with Crippen LogP contribution in [0.5, 0.6) is 11.5 Å². The number of nitrogens with zero attached hydrogens (tertiary/aromatic N) is 1. The number of pyridine rings is 1. The SMILES string of the molecule is COc1ccc(CCNCc2ccc3ncccc3c2)cc1OC. The average molecular weight is 322 g/mol. The summed E-state index contributed by atoms with van der Waals surface area (Å²) >= 11 is 0. The van der Waals surface area contributed by atoms with Crippen molar-refractivity contribution in [3.63, 3.8) is 0 Å². The molecule has 0 aliphatic carbocycles. The summed E-state index contributed by atoms with van der Waals surface area (Å²) < 4.78 is 10.6. The molecule has 0 fully saturated rings. The number of benzene rings is 2. The molecular weight excluding hydrogens is 300 g/mol. The molecule has 1 heterocycles. The monoisotopic (exact) mass is 322 g/mol. The Bertz CT molecular complexity index is 818. The topological polar surface area (TPSA) is 43.4 Å². The quantitative estimate of drug-likeness (QED) is 0.675. The molecule has 2 aromatic carbocycles. The molecule has 1 aromatic heterocycles. The number of rotatable bonds is 7. The van der Waals surface area contributed by atoms with E-state index in [2.05, 4.69) is 40.6 Å². The molecule has 0 saturated carbocycles. The van der Waals surface area contributed by atoms with Gasteiger partial charge < -0.3 is 14.8 Å². The molecule has 4 nitrogen and oxygen atoms in total. The third kappa shape index (κ3) is 3.84. The molecule has 24 heavy (non-hydrogen) atoms. The van der Waals surface area contributed by atoms with E-state index in [0.29, 0.717) is 0 Å². The van der Waals surface area contributed by atoms with Crippen LogP contribution >= 0.6 is 0 Å². The maximum absolute atomic E-state index is 5.34. The van der Waals surface area contributed by atoms with Gasteiger partial charge in [0.2, 0.25) is 0 Å². The van der Waals surface area contributed by atoms with Crippen LogP contribution in [0.4, 0.5) is 0 Å². The molecule has 0 spiro atoms. The summed E-state index contributed by atoms with van der Waals surface area (Å²) in [7, 11) is 3.31. The fourth-order valence-corrected chi connectivity index (χ4v) is 2.74. The first kappa shape index (κ1) is 16.3. The van der Waals surface area contributed by atoms with E-state index in [4.69, 9.17) is 9.47 Å². The first-order valence-electron chi connectivity index (χ1n) is 8.05. The highest BCUT2D eigenvalue weighted by molar-refractivity contribution is 5.78. The van der Waals surface area contributed by atoms with Crippen molar-refractivity contribution in [2.24, 2.45) is 0 Å². The highest BCUT2D eigenvalue weighted by atomic mass is 16.5. The zero-order valence-corrected chi connectivity index (χ0v) is 14.1. The molecule has 4 heteroatoms. The van der Waals surface area contributed by atoms with Gasteiger partial charge in [0.25, 0.3) is 0 Å². The Morgan fingerprint density at radius 2 is 1.75 bits per heavy atom. The van der Waals surface area contributed by atoms with Gasteiger partial charge in [-0.25, -0.2) is 0 Å². The van der Waals surface area contributed by atoms with Gasteiger partial charge in [-0.15, -0.1) is 0 Å². The number of fused-ring (bicyclic) bond motifs is 1. The molecule has 0 radical (unpaired) electrons. The summed E-state index contributed by atoms with van der Waals surface area (Å²) in [5.41, 5.74) is 3.53. The Labute approximate surface area is 142 Å². The minimum atomic E-state index is 0.763. The lowest BCUT2D eigenvalue weighted by Gasteiger charge is -2.10. The molecule has 0 atom stereocenters. The third-order valence-electron chi connectivity index (χ3n) is 4.03. The summed E-state index contributed by atoms with van der Waals surface area (Å²) in [6, 6.07) is 16.5. The Morgan fingerprint density at radius 1 is 0.917 bits per heavy atom. The Hall–Kier alpha value is -2.59. The van der Waals surface area contributed by atoms with Crippen molar-refractivity contribution in [2.45, 2.75) is 13.0 Å². The minimum Gasteiger partial charge on any atom is -0.493 e. The van der Waals surface area contributed by atoms with Gasteiger partial charge >= 0.3 is 0 Å². The maximum atomic E-state index is 5.34. The van der Waals surface area contributed by atoms with Crippen LogP contribution in [0.3, 0.4) is 0 Å². The largest absolute Gasteiger partial charge is 0.493 e. The van der Waals surface area contributed by atoms with Crippen LogP contribution < -0.4 is 14.8 Å². The molecule has 0 bridgehead atoms. The van der Waals surface area contributed by atoms with Crippen LogP contribution in [0.15, 0.2) is 54.7 Å². The van der Waals surface area contributed by atoms with Gasteiger partial charge in [-0.1, -0.05) is 18.2 Å². The van der Waals surface area contributed by atoms with E-state index < -0.39 is 0 Å². The number of ether oxygens (including phenoxy) is 2. The van der Waals surface area contributed by atoms with Gasteiger partial charge in [0.05, 0.1) is 19.7 Å². The van der Waals surface area contributed by atoms with Crippen LogP contribution in [0.25, 0.3) is 10.9 Å². The molecule has 3 aromatic rings. The fraction of sp³-hybridized carbons (Fsp3) is 0.250. The van der Waals surface area contributed by atoms with Gasteiger partial charge in [-0.2, -0.15) is 0 Å². The van der Waals surface area contributed by atoms with Crippen LogP contribution in [0, 0.1) is 0 Å². The second kappa shape index (κ2) is 7.79. The summed E-state index contributed by atoms with van der Waals surface area (Å²) in [5, 5.41) is 4.67. The van der Waals surface area contributed by atoms with E-state index in [1.54, 1.807) is 14.2 Å². The summed E-state index contributed by atoms with van der Waals surface area (Å²) in [4.78, 5) is 4.35. The second-order valence-electron chi connectivity index (χ2n) is 5.65. The fourth-order valence-electron chi connectivity index (χ4n) is 2.74. The van der Waals surface area contributed by atoms with Gasteiger partial charge in [0.15, 0.2) is 11.5 Å². The van der Waals surface area contributed by atoms with Crippen molar-refractivity contribution >= 4 is 10.9 Å². The van der Waals surface area contributed by atoms with Crippen molar-refractivity contribution in [3.8, 4) is 11.5 Å². The van der Waals surface area contributed by atoms with E-state index >= 15 is 0 Å². The predicted octanol–water partition coefficient (Wildman–Crippen LogP) is 3.58. The first-order valence-corrected chi connectivity index (χ1v) is 8.05. The van der Waals surface area contributed by atoms with Crippen LogP contribution in [-0.4, -0.2) is 25.7 Å². The Morgan fingerprint density at radius 3 is 2.58 bits per heavy atom. The van der Waals surface area contributed by atoms with E-state index in [-0.39, 0.29) is 0 Å². The number of methoxy groups -OCH3 is 2. The number of hydrogen-bond donors (Lipinski definition) is 1. The van der Waals surface area contributed by atoms with Gasteiger partial charge in [-0.05, 0) is 54.4 Å². The summed E-state index contributed by atoms with van der Waals surface area (Å²) in [6.45, 7) is 1.75. The second-order valence-corrected chi connectivity index (χ2v) is 5.65. The van der Waals surface area contributed by atoms with E-state index in [0.717, 1.165) is 36.5 Å². The van der Waals surface area contributed by atoms with Gasteiger partial charge in [0.1, 0.15) is 0 Å². The number of hydrogen-bond acceptors (Lipinski definition) is 4. The molecule has 0 saturated heterocycles. The van der Waals surface area contributed by atoms with Crippen molar-refractivity contribution in [2.75, 3.05) is 20.8 Å². The zero-order chi connectivity index (χ0) is 16.8. The lowest BCUT2D eigenvalue weighted by molar-refractivity contribution is 0.354. The Balaban J connectivity index is 1.54. The normalized spacial score (nSPS) is 10.8. The van der Waals surface area contributed by atoms with Crippen molar-refractivity contribution in [1.82, 2.24) is 10.3 Å².